The topological polar surface area (TPSA) is 78.9 Å². The predicted molar refractivity (Wildman–Crippen MR) is 61.8 cm³/mol. The van der Waals surface area contributed by atoms with E-state index in [-0.39, 0.29) is 19.0 Å². The Hall–Kier alpha value is -1.30. The van der Waals surface area contributed by atoms with Crippen LogP contribution in [0.2, 0.25) is 0 Å². The van der Waals surface area contributed by atoms with Crippen LogP contribution in [0.15, 0.2) is 0 Å². The molecule has 1 heterocycles. The van der Waals surface area contributed by atoms with E-state index in [1.165, 1.54) is 4.90 Å². The molecule has 0 aromatic heterocycles. The van der Waals surface area contributed by atoms with Gasteiger partial charge in [-0.1, -0.05) is 0 Å². The van der Waals surface area contributed by atoms with E-state index >= 15 is 0 Å². The third-order valence-electron chi connectivity index (χ3n) is 2.89. The van der Waals surface area contributed by atoms with Crippen molar-refractivity contribution < 1.29 is 19.4 Å². The van der Waals surface area contributed by atoms with Gasteiger partial charge in [0.1, 0.15) is 0 Å². The maximum atomic E-state index is 11.6. The Labute approximate surface area is 101 Å². The van der Waals surface area contributed by atoms with Crippen LogP contribution in [0.4, 0.5) is 4.79 Å². The molecule has 1 aliphatic rings. The number of ether oxygens (including phenoxy) is 1. The summed E-state index contributed by atoms with van der Waals surface area (Å²) < 4.78 is 5.23. The highest BCUT2D eigenvalue weighted by molar-refractivity contribution is 5.74. The van der Waals surface area contributed by atoms with Crippen molar-refractivity contribution >= 4 is 12.0 Å². The Balaban J connectivity index is 2.16. The predicted octanol–water partition coefficient (Wildman–Crippen LogP) is 0.529. The summed E-state index contributed by atoms with van der Waals surface area (Å²) in [5.74, 6) is -0.422. The molecule has 0 aliphatic carbocycles. The zero-order chi connectivity index (χ0) is 12.7. The van der Waals surface area contributed by atoms with E-state index in [0.29, 0.717) is 12.5 Å². The molecule has 1 rings (SSSR count). The monoisotopic (exact) mass is 244 g/mol. The molecule has 1 fully saturated rings. The fraction of sp³-hybridized carbons (Fsp3) is 0.818. The number of amides is 2. The molecule has 17 heavy (non-hydrogen) atoms. The number of rotatable bonds is 5. The van der Waals surface area contributed by atoms with E-state index in [4.69, 9.17) is 9.84 Å². The summed E-state index contributed by atoms with van der Waals surface area (Å²) in [4.78, 5) is 23.3. The molecule has 0 aromatic rings. The number of carbonyl (C=O) groups is 2. The van der Waals surface area contributed by atoms with Crippen molar-refractivity contribution in [3.05, 3.63) is 0 Å². The van der Waals surface area contributed by atoms with Gasteiger partial charge in [0, 0.05) is 33.4 Å². The molecule has 0 saturated carbocycles. The average Bonchev–Trinajstić information content (AvgIpc) is 2.34. The van der Waals surface area contributed by atoms with Crippen LogP contribution in [0.25, 0.3) is 0 Å². The molecule has 0 atom stereocenters. The van der Waals surface area contributed by atoms with Crippen LogP contribution < -0.4 is 5.32 Å². The summed E-state index contributed by atoms with van der Waals surface area (Å²) in [6, 6.07) is -0.210. The van der Waals surface area contributed by atoms with Crippen molar-refractivity contribution in [1.82, 2.24) is 10.2 Å². The largest absolute Gasteiger partial charge is 0.481 e. The Bertz CT molecular complexity index is 264. The van der Waals surface area contributed by atoms with Gasteiger partial charge in [-0.3, -0.25) is 4.79 Å². The number of hydrogen-bond donors (Lipinski definition) is 2. The van der Waals surface area contributed by atoms with Crippen LogP contribution >= 0.6 is 0 Å². The molecule has 0 unspecified atom stereocenters. The first kappa shape index (κ1) is 13.8. The number of carbonyl (C=O) groups excluding carboxylic acids is 1. The lowest BCUT2D eigenvalue weighted by Crippen LogP contribution is -2.41. The van der Waals surface area contributed by atoms with Crippen LogP contribution in [0.1, 0.15) is 19.3 Å². The molecule has 0 spiro atoms. The first-order chi connectivity index (χ1) is 8.09. The SMILES string of the molecule is CN(CCC(=O)O)C(=O)NCC1CCOCC1. The zero-order valence-electron chi connectivity index (χ0n) is 10.1. The minimum absolute atomic E-state index is 0.0266. The maximum Gasteiger partial charge on any atom is 0.317 e. The van der Waals surface area contributed by atoms with Crippen LogP contribution in [-0.4, -0.2) is 55.4 Å². The lowest BCUT2D eigenvalue weighted by molar-refractivity contribution is -0.137. The van der Waals surface area contributed by atoms with Crippen molar-refractivity contribution in [2.75, 3.05) is 33.4 Å². The van der Waals surface area contributed by atoms with E-state index in [0.717, 1.165) is 26.1 Å². The van der Waals surface area contributed by atoms with Crippen molar-refractivity contribution in [3.63, 3.8) is 0 Å². The van der Waals surface area contributed by atoms with Gasteiger partial charge < -0.3 is 20.1 Å². The summed E-state index contributed by atoms with van der Waals surface area (Å²) in [5.41, 5.74) is 0. The van der Waals surface area contributed by atoms with E-state index in [1.807, 2.05) is 0 Å². The third kappa shape index (κ3) is 5.53. The van der Waals surface area contributed by atoms with Gasteiger partial charge in [-0.2, -0.15) is 0 Å². The van der Waals surface area contributed by atoms with E-state index in [9.17, 15) is 9.59 Å². The summed E-state index contributed by atoms with van der Waals surface area (Å²) in [6.07, 6.45) is 1.92. The van der Waals surface area contributed by atoms with Crippen molar-refractivity contribution in [3.8, 4) is 0 Å². The molecule has 0 bridgehead atoms. The van der Waals surface area contributed by atoms with Gasteiger partial charge in [0.15, 0.2) is 0 Å². The van der Waals surface area contributed by atoms with Crippen molar-refractivity contribution in [2.24, 2.45) is 5.92 Å². The number of aliphatic carboxylic acids is 1. The highest BCUT2D eigenvalue weighted by atomic mass is 16.5. The minimum Gasteiger partial charge on any atom is -0.481 e. The normalized spacial score (nSPS) is 16.5. The molecule has 2 amide bonds. The van der Waals surface area contributed by atoms with Gasteiger partial charge in [-0.25, -0.2) is 4.79 Å². The second-order valence-corrected chi connectivity index (χ2v) is 4.31. The molecular weight excluding hydrogens is 224 g/mol. The standard InChI is InChI=1S/C11H20N2O4/c1-13(5-2-10(14)15)11(16)12-8-9-3-6-17-7-4-9/h9H,2-8H2,1H3,(H,12,16)(H,14,15). The number of hydrogen-bond acceptors (Lipinski definition) is 3. The van der Waals surface area contributed by atoms with Crippen molar-refractivity contribution in [1.29, 1.82) is 0 Å². The van der Waals surface area contributed by atoms with Crippen LogP contribution in [-0.2, 0) is 9.53 Å². The number of nitrogens with one attached hydrogen (secondary N) is 1. The summed E-state index contributed by atoms with van der Waals surface area (Å²) >= 11 is 0. The summed E-state index contributed by atoms with van der Waals surface area (Å²) in [5, 5.41) is 11.3. The molecular formula is C11H20N2O4. The molecule has 1 saturated heterocycles. The van der Waals surface area contributed by atoms with Crippen LogP contribution in [0.3, 0.4) is 0 Å². The van der Waals surface area contributed by atoms with Crippen molar-refractivity contribution in [2.45, 2.75) is 19.3 Å². The van der Waals surface area contributed by atoms with Gasteiger partial charge in [-0.05, 0) is 18.8 Å². The summed E-state index contributed by atoms with van der Waals surface area (Å²) in [7, 11) is 1.60. The number of nitrogens with zero attached hydrogens (tertiary/aromatic N) is 1. The van der Waals surface area contributed by atoms with E-state index in [2.05, 4.69) is 5.32 Å². The fourth-order valence-corrected chi connectivity index (χ4v) is 1.68. The second-order valence-electron chi connectivity index (χ2n) is 4.31. The first-order valence-electron chi connectivity index (χ1n) is 5.88. The maximum absolute atomic E-state index is 11.6. The molecule has 2 N–H and O–H groups in total. The highest BCUT2D eigenvalue weighted by Gasteiger charge is 2.16. The fourth-order valence-electron chi connectivity index (χ4n) is 1.68. The molecule has 1 aliphatic heterocycles. The molecule has 6 heteroatoms. The zero-order valence-corrected chi connectivity index (χ0v) is 10.1. The smallest absolute Gasteiger partial charge is 0.317 e. The van der Waals surface area contributed by atoms with Gasteiger partial charge >= 0.3 is 12.0 Å². The van der Waals surface area contributed by atoms with Gasteiger partial charge in [0.25, 0.3) is 0 Å². The minimum atomic E-state index is -0.894. The lowest BCUT2D eigenvalue weighted by Gasteiger charge is -2.24. The van der Waals surface area contributed by atoms with Gasteiger partial charge in [0.05, 0.1) is 6.42 Å². The molecule has 0 aromatic carbocycles. The van der Waals surface area contributed by atoms with E-state index in [1.54, 1.807) is 7.05 Å². The molecule has 98 valence electrons. The number of carboxylic acids is 1. The van der Waals surface area contributed by atoms with Crippen LogP contribution in [0.5, 0.6) is 0 Å². The van der Waals surface area contributed by atoms with Gasteiger partial charge in [0.2, 0.25) is 0 Å². The number of carboxylic acid groups (broad SMARTS) is 1. The Morgan fingerprint density at radius 3 is 2.65 bits per heavy atom. The molecule has 0 radical (unpaired) electrons. The lowest BCUT2D eigenvalue weighted by atomic mass is 10.0. The highest BCUT2D eigenvalue weighted by Crippen LogP contribution is 2.13. The quantitative estimate of drug-likeness (QED) is 0.739. The average molecular weight is 244 g/mol. The van der Waals surface area contributed by atoms with E-state index < -0.39 is 5.97 Å². The second kappa shape index (κ2) is 7.11. The Morgan fingerprint density at radius 2 is 2.06 bits per heavy atom. The number of urea groups is 1. The molecule has 6 nitrogen and oxygen atoms in total. The Kier molecular flexibility index (Phi) is 5.76. The summed E-state index contributed by atoms with van der Waals surface area (Å²) in [6.45, 7) is 2.39. The first-order valence-corrected chi connectivity index (χ1v) is 5.88. The Morgan fingerprint density at radius 1 is 1.41 bits per heavy atom. The van der Waals surface area contributed by atoms with Crippen LogP contribution in [0, 0.1) is 5.92 Å². The third-order valence-corrected chi connectivity index (χ3v) is 2.89. The van der Waals surface area contributed by atoms with Gasteiger partial charge in [-0.15, -0.1) is 0 Å².